The van der Waals surface area contributed by atoms with Crippen LogP contribution in [0.5, 0.6) is 0 Å². The second kappa shape index (κ2) is 18.0. The van der Waals surface area contributed by atoms with E-state index in [2.05, 4.69) is 17.0 Å². The molecule has 0 saturated heterocycles. The zero-order valence-electron chi connectivity index (χ0n) is 25.1. The summed E-state index contributed by atoms with van der Waals surface area (Å²) in [5, 5.41) is 14.5. The molecule has 1 heterocycles. The lowest BCUT2D eigenvalue weighted by molar-refractivity contribution is -0.396. The fourth-order valence-electron chi connectivity index (χ4n) is 4.54. The van der Waals surface area contributed by atoms with Gasteiger partial charge in [-0.2, -0.15) is 18.4 Å². The van der Waals surface area contributed by atoms with Crippen LogP contribution in [0.2, 0.25) is 0 Å². The van der Waals surface area contributed by atoms with Gasteiger partial charge in [0, 0.05) is 13.6 Å². The van der Waals surface area contributed by atoms with Crippen molar-refractivity contribution in [2.45, 2.75) is 107 Å². The molecule has 2 aromatic rings. The van der Waals surface area contributed by atoms with Crippen LogP contribution in [0, 0.1) is 10.1 Å². The summed E-state index contributed by atoms with van der Waals surface area (Å²) in [6, 6.07) is 4.89. The summed E-state index contributed by atoms with van der Waals surface area (Å²) in [6.45, 7) is 2.63. The number of aromatic nitrogens is 2. The summed E-state index contributed by atoms with van der Waals surface area (Å²) in [6.07, 6.45) is 19.5. The summed E-state index contributed by atoms with van der Waals surface area (Å²) in [4.78, 5) is 15.7. The average Bonchev–Trinajstić information content (AvgIpc) is 3.33. The standard InChI is InChI=1S/C28H46N6O6S2/c1-4-5-6-7-8-9-10-11-12-13-14-15-16-17-22-32(2)42(39,40)27-20-18-26(19-21-27)41(37,38)31-30-24-25-23-29-28(33(25)3)34(35)36/h18-21,23-24,31H,4-17,22H2,1-3H3/b30-24+. The number of nitrogens with zero attached hydrogens (tertiary/aromatic N) is 5. The Balaban J connectivity index is 1.72. The number of benzene rings is 1. The number of hydrazone groups is 1. The van der Waals surface area contributed by atoms with Gasteiger partial charge in [0.2, 0.25) is 10.0 Å². The number of hydrogen-bond acceptors (Lipinski definition) is 8. The number of hydrogen-bond donors (Lipinski definition) is 1. The van der Waals surface area contributed by atoms with Crippen LogP contribution in [0.25, 0.3) is 0 Å². The summed E-state index contributed by atoms with van der Waals surface area (Å²) >= 11 is 0. The molecule has 2 rings (SSSR count). The highest BCUT2D eigenvalue weighted by Gasteiger charge is 2.22. The third-order valence-electron chi connectivity index (χ3n) is 7.20. The first-order chi connectivity index (χ1) is 20.0. The van der Waals surface area contributed by atoms with Gasteiger partial charge in [-0.3, -0.25) is 0 Å². The molecule has 0 atom stereocenters. The summed E-state index contributed by atoms with van der Waals surface area (Å²) in [7, 11) is -4.92. The average molecular weight is 627 g/mol. The largest absolute Gasteiger partial charge is 0.434 e. The number of nitro groups is 1. The number of unbranched alkanes of at least 4 members (excludes halogenated alkanes) is 13. The molecule has 0 aliphatic carbocycles. The fourth-order valence-corrected chi connectivity index (χ4v) is 6.54. The van der Waals surface area contributed by atoms with Crippen LogP contribution in [-0.2, 0) is 27.1 Å². The Morgan fingerprint density at radius 1 is 0.881 bits per heavy atom. The first kappa shape index (κ1) is 35.4. The van der Waals surface area contributed by atoms with Crippen LogP contribution in [0.3, 0.4) is 0 Å². The molecule has 0 unspecified atom stereocenters. The normalized spacial score (nSPS) is 12.4. The molecule has 1 N–H and O–H groups in total. The molecule has 1 aromatic heterocycles. The van der Waals surface area contributed by atoms with Gasteiger partial charge in [0.25, 0.3) is 10.0 Å². The van der Waals surface area contributed by atoms with E-state index in [9.17, 15) is 26.9 Å². The van der Waals surface area contributed by atoms with Crippen LogP contribution in [-0.4, -0.2) is 55.4 Å². The van der Waals surface area contributed by atoms with E-state index in [4.69, 9.17) is 0 Å². The van der Waals surface area contributed by atoms with E-state index >= 15 is 0 Å². The predicted molar refractivity (Wildman–Crippen MR) is 164 cm³/mol. The monoisotopic (exact) mass is 626 g/mol. The van der Waals surface area contributed by atoms with E-state index in [1.807, 2.05) is 4.83 Å². The summed E-state index contributed by atoms with van der Waals surface area (Å²) in [5.41, 5.74) is 0.215. The topological polar surface area (TPSA) is 157 Å². The Hall–Kier alpha value is -2.84. The van der Waals surface area contributed by atoms with Gasteiger partial charge in [0.1, 0.15) is 6.20 Å². The molecule has 1 aromatic carbocycles. The molecule has 0 bridgehead atoms. The van der Waals surface area contributed by atoms with Crippen molar-refractivity contribution < 1.29 is 21.8 Å². The zero-order chi connectivity index (χ0) is 31.0. The molecule has 0 radical (unpaired) electrons. The third-order valence-corrected chi connectivity index (χ3v) is 10.3. The summed E-state index contributed by atoms with van der Waals surface area (Å²) in [5.74, 6) is -0.412. The maximum absolute atomic E-state index is 12.9. The van der Waals surface area contributed by atoms with Gasteiger partial charge >= 0.3 is 5.95 Å². The SMILES string of the molecule is CCCCCCCCCCCCCCCCN(C)S(=O)(=O)c1ccc(S(=O)(=O)N/N=C/c2cnc([N+](=O)[O-])n2C)cc1. The van der Waals surface area contributed by atoms with Gasteiger partial charge in [-0.1, -0.05) is 95.4 Å². The van der Waals surface area contributed by atoms with E-state index in [-0.39, 0.29) is 15.5 Å². The maximum atomic E-state index is 12.9. The van der Waals surface area contributed by atoms with Gasteiger partial charge in [0.15, 0.2) is 5.69 Å². The third kappa shape index (κ3) is 11.4. The Bertz CT molecular complexity index is 1340. The van der Waals surface area contributed by atoms with E-state index in [0.29, 0.717) is 6.54 Å². The highest BCUT2D eigenvalue weighted by atomic mass is 32.2. The Morgan fingerprint density at radius 2 is 1.36 bits per heavy atom. The Labute approximate surface area is 250 Å². The molecular formula is C28H46N6O6S2. The molecule has 0 spiro atoms. The quantitative estimate of drug-likeness (QED) is 0.0755. The molecule has 0 fully saturated rings. The van der Waals surface area contributed by atoms with E-state index in [1.165, 1.54) is 119 Å². The van der Waals surface area contributed by atoms with Gasteiger partial charge < -0.3 is 10.1 Å². The van der Waals surface area contributed by atoms with Crippen LogP contribution >= 0.6 is 0 Å². The second-order valence-corrected chi connectivity index (χ2v) is 14.3. The first-order valence-electron chi connectivity index (χ1n) is 14.8. The van der Waals surface area contributed by atoms with Crippen LogP contribution in [0.1, 0.15) is 103 Å². The lowest BCUT2D eigenvalue weighted by Gasteiger charge is -2.17. The number of sulfonamides is 2. The molecule has 0 amide bonds. The minimum atomic E-state index is -4.09. The molecule has 42 heavy (non-hydrogen) atoms. The van der Waals surface area contributed by atoms with Crippen LogP contribution < -0.4 is 4.83 Å². The zero-order valence-corrected chi connectivity index (χ0v) is 26.7. The minimum Gasteiger partial charge on any atom is -0.390 e. The highest BCUT2D eigenvalue weighted by Crippen LogP contribution is 2.19. The van der Waals surface area contributed by atoms with Crippen molar-refractivity contribution in [3.05, 3.63) is 46.3 Å². The molecule has 12 nitrogen and oxygen atoms in total. The van der Waals surface area contributed by atoms with Crippen molar-refractivity contribution in [3.63, 3.8) is 0 Å². The van der Waals surface area contributed by atoms with Crippen molar-refractivity contribution in [3.8, 4) is 0 Å². The number of imidazole rings is 1. The van der Waals surface area contributed by atoms with Gasteiger partial charge in [0.05, 0.1) is 23.1 Å². The number of nitrogens with one attached hydrogen (secondary N) is 1. The lowest BCUT2D eigenvalue weighted by atomic mass is 10.0. The molecular weight excluding hydrogens is 580 g/mol. The molecule has 236 valence electrons. The lowest BCUT2D eigenvalue weighted by Crippen LogP contribution is -2.28. The van der Waals surface area contributed by atoms with Crippen LogP contribution in [0.15, 0.2) is 45.4 Å². The fraction of sp³-hybridized carbons (Fsp3) is 0.643. The number of rotatable bonds is 22. The Morgan fingerprint density at radius 3 is 1.83 bits per heavy atom. The van der Waals surface area contributed by atoms with Gasteiger partial charge in [-0.25, -0.2) is 17.3 Å². The molecule has 14 heteroatoms. The molecule has 0 saturated carbocycles. The molecule has 0 aliphatic rings. The van der Waals surface area contributed by atoms with Crippen molar-refractivity contribution in [1.29, 1.82) is 0 Å². The predicted octanol–water partition coefficient (Wildman–Crippen LogP) is 5.74. The van der Waals surface area contributed by atoms with Crippen molar-refractivity contribution in [1.82, 2.24) is 18.7 Å². The van der Waals surface area contributed by atoms with Crippen molar-refractivity contribution in [2.24, 2.45) is 12.1 Å². The second-order valence-electron chi connectivity index (χ2n) is 10.5. The van der Waals surface area contributed by atoms with E-state index in [1.54, 1.807) is 0 Å². The van der Waals surface area contributed by atoms with Crippen LogP contribution in [0.4, 0.5) is 5.95 Å². The van der Waals surface area contributed by atoms with Crippen molar-refractivity contribution >= 4 is 32.2 Å². The van der Waals surface area contributed by atoms with E-state index in [0.717, 1.165) is 30.0 Å². The summed E-state index contributed by atoms with van der Waals surface area (Å²) < 4.78 is 53.5. The van der Waals surface area contributed by atoms with Crippen molar-refractivity contribution in [2.75, 3.05) is 13.6 Å². The minimum absolute atomic E-state index is 0.00000840. The first-order valence-corrected chi connectivity index (χ1v) is 17.7. The van der Waals surface area contributed by atoms with Gasteiger partial charge in [-0.15, -0.1) is 0 Å². The Kier molecular flexibility index (Phi) is 15.1. The van der Waals surface area contributed by atoms with Gasteiger partial charge in [-0.05, 0) is 35.6 Å². The smallest absolute Gasteiger partial charge is 0.390 e. The van der Waals surface area contributed by atoms with E-state index < -0.39 is 30.9 Å². The molecule has 0 aliphatic heterocycles. The maximum Gasteiger partial charge on any atom is 0.434 e. The highest BCUT2D eigenvalue weighted by molar-refractivity contribution is 7.89.